The number of aromatic carboxylic acids is 1. The van der Waals surface area contributed by atoms with Gasteiger partial charge in [0.25, 0.3) is 0 Å². The highest BCUT2D eigenvalue weighted by molar-refractivity contribution is 5.93. The second kappa shape index (κ2) is 8.89. The fraction of sp³-hybridized carbons (Fsp3) is 0.125. The number of aromatic nitrogens is 2. The molecular formula is C24H18F3N3O4. The number of carboxylic acid groups (broad SMARTS) is 1. The summed E-state index contributed by atoms with van der Waals surface area (Å²) >= 11 is 0. The molecule has 0 aliphatic heterocycles. The predicted molar refractivity (Wildman–Crippen MR) is 118 cm³/mol. The number of rotatable bonds is 6. The Bertz CT molecular complexity index is 1380. The van der Waals surface area contributed by atoms with Gasteiger partial charge in [-0.25, -0.2) is 14.6 Å². The van der Waals surface area contributed by atoms with Gasteiger partial charge in [-0.1, -0.05) is 18.2 Å². The molecule has 0 unspecified atom stereocenters. The zero-order chi connectivity index (χ0) is 24.5. The number of carboxylic acids is 1. The first-order valence-corrected chi connectivity index (χ1v) is 10.0. The fourth-order valence-corrected chi connectivity index (χ4v) is 3.56. The van der Waals surface area contributed by atoms with Crippen LogP contribution >= 0.6 is 0 Å². The van der Waals surface area contributed by atoms with Crippen LogP contribution in [0.25, 0.3) is 11.0 Å². The van der Waals surface area contributed by atoms with Gasteiger partial charge in [0.2, 0.25) is 5.95 Å². The van der Waals surface area contributed by atoms with Crippen LogP contribution in [0.1, 0.15) is 31.8 Å². The molecule has 2 N–H and O–H groups in total. The average Bonchev–Trinajstić information content (AvgIpc) is 3.14. The third kappa shape index (κ3) is 4.56. The van der Waals surface area contributed by atoms with Gasteiger partial charge in [0.05, 0.1) is 41.4 Å². The lowest BCUT2D eigenvalue weighted by molar-refractivity contribution is -0.138. The minimum absolute atomic E-state index is 0.00169. The summed E-state index contributed by atoms with van der Waals surface area (Å²) in [6.07, 6.45) is -4.54. The third-order valence-electron chi connectivity index (χ3n) is 5.21. The molecular weight excluding hydrogens is 451 g/mol. The van der Waals surface area contributed by atoms with Crippen molar-refractivity contribution >= 4 is 34.6 Å². The quantitative estimate of drug-likeness (QED) is 0.371. The van der Waals surface area contributed by atoms with Crippen molar-refractivity contribution in [3.63, 3.8) is 0 Å². The number of anilines is 2. The summed E-state index contributed by atoms with van der Waals surface area (Å²) < 4.78 is 46.9. The standard InChI is InChI=1S/C24H18F3N3O4/c1-34-22(33)14-6-9-17(10-7-14)28-23-29-19-12-15(21(31)32)8-11-20(19)30(23)13-16-4-2-3-5-18(16)24(25,26)27/h2-12H,13H2,1H3,(H,28,29)(H,31,32). The van der Waals surface area contributed by atoms with Crippen LogP contribution in [0, 0.1) is 0 Å². The summed E-state index contributed by atoms with van der Waals surface area (Å²) in [5, 5.41) is 12.3. The lowest BCUT2D eigenvalue weighted by Gasteiger charge is -2.16. The molecule has 0 aliphatic carbocycles. The molecule has 3 aromatic carbocycles. The van der Waals surface area contributed by atoms with Gasteiger partial charge in [-0.05, 0) is 54.1 Å². The van der Waals surface area contributed by atoms with Crippen molar-refractivity contribution in [3.8, 4) is 0 Å². The molecule has 0 fully saturated rings. The number of nitrogens with zero attached hydrogens (tertiary/aromatic N) is 2. The maximum Gasteiger partial charge on any atom is 0.416 e. The second-order valence-electron chi connectivity index (χ2n) is 7.38. The van der Waals surface area contributed by atoms with E-state index in [0.717, 1.165) is 6.07 Å². The number of methoxy groups -OCH3 is 1. The van der Waals surface area contributed by atoms with E-state index in [0.29, 0.717) is 22.3 Å². The maximum absolute atomic E-state index is 13.6. The molecule has 174 valence electrons. The van der Waals surface area contributed by atoms with Crippen molar-refractivity contribution in [2.45, 2.75) is 12.7 Å². The number of hydrogen-bond donors (Lipinski definition) is 2. The monoisotopic (exact) mass is 469 g/mol. The van der Waals surface area contributed by atoms with E-state index >= 15 is 0 Å². The Kier molecular flexibility index (Phi) is 5.97. The van der Waals surface area contributed by atoms with Crippen molar-refractivity contribution in [2.24, 2.45) is 0 Å². The summed E-state index contributed by atoms with van der Waals surface area (Å²) in [7, 11) is 1.26. The largest absolute Gasteiger partial charge is 0.478 e. The molecule has 0 saturated heterocycles. The average molecular weight is 469 g/mol. The van der Waals surface area contributed by atoms with Gasteiger partial charge in [0.15, 0.2) is 0 Å². The van der Waals surface area contributed by atoms with Gasteiger partial charge < -0.3 is 19.7 Å². The molecule has 1 heterocycles. The molecule has 0 amide bonds. The summed E-state index contributed by atoms with van der Waals surface area (Å²) in [6, 6.07) is 15.7. The van der Waals surface area contributed by atoms with Gasteiger partial charge >= 0.3 is 18.1 Å². The summed E-state index contributed by atoms with van der Waals surface area (Å²) in [5.74, 6) is -1.45. The number of ether oxygens (including phenoxy) is 1. The van der Waals surface area contributed by atoms with Crippen LogP contribution < -0.4 is 5.32 Å². The van der Waals surface area contributed by atoms with Gasteiger partial charge in [0.1, 0.15) is 0 Å². The minimum Gasteiger partial charge on any atom is -0.478 e. The van der Waals surface area contributed by atoms with E-state index in [4.69, 9.17) is 0 Å². The van der Waals surface area contributed by atoms with Crippen LogP contribution in [0.15, 0.2) is 66.7 Å². The molecule has 0 aliphatic rings. The molecule has 0 saturated carbocycles. The Hall–Kier alpha value is -4.34. The first-order chi connectivity index (χ1) is 16.2. The van der Waals surface area contributed by atoms with Crippen molar-refractivity contribution in [2.75, 3.05) is 12.4 Å². The van der Waals surface area contributed by atoms with Gasteiger partial charge in [-0.2, -0.15) is 13.2 Å². The van der Waals surface area contributed by atoms with E-state index in [1.807, 2.05) is 0 Å². The van der Waals surface area contributed by atoms with Gasteiger partial charge in [-0.15, -0.1) is 0 Å². The summed E-state index contributed by atoms with van der Waals surface area (Å²) in [5.41, 5.74) is 0.863. The molecule has 34 heavy (non-hydrogen) atoms. The number of imidazole rings is 1. The smallest absolute Gasteiger partial charge is 0.416 e. The van der Waals surface area contributed by atoms with Crippen LogP contribution in [-0.2, 0) is 17.5 Å². The Morgan fingerprint density at radius 1 is 1.03 bits per heavy atom. The summed E-state index contributed by atoms with van der Waals surface area (Å²) in [4.78, 5) is 27.5. The number of carbonyl (C=O) groups is 2. The molecule has 10 heteroatoms. The van der Waals surface area contributed by atoms with E-state index < -0.39 is 23.7 Å². The number of hydrogen-bond acceptors (Lipinski definition) is 5. The van der Waals surface area contributed by atoms with Crippen molar-refractivity contribution in [1.29, 1.82) is 0 Å². The van der Waals surface area contributed by atoms with Crippen LogP contribution in [0.4, 0.5) is 24.8 Å². The van der Waals surface area contributed by atoms with Crippen molar-refractivity contribution < 1.29 is 32.6 Å². The Labute approximate surface area is 191 Å². The fourth-order valence-electron chi connectivity index (χ4n) is 3.56. The number of nitrogens with one attached hydrogen (secondary N) is 1. The Morgan fingerprint density at radius 2 is 1.71 bits per heavy atom. The molecule has 4 aromatic rings. The van der Waals surface area contributed by atoms with E-state index in [9.17, 15) is 27.9 Å². The van der Waals surface area contributed by atoms with Crippen LogP contribution in [0.3, 0.4) is 0 Å². The summed E-state index contributed by atoms with van der Waals surface area (Å²) in [6.45, 7) is -0.165. The second-order valence-corrected chi connectivity index (χ2v) is 7.38. The van der Waals surface area contributed by atoms with E-state index in [1.54, 1.807) is 16.7 Å². The highest BCUT2D eigenvalue weighted by atomic mass is 19.4. The lowest BCUT2D eigenvalue weighted by Crippen LogP contribution is -2.13. The minimum atomic E-state index is -4.54. The molecule has 0 spiro atoms. The van der Waals surface area contributed by atoms with E-state index in [-0.39, 0.29) is 23.6 Å². The lowest BCUT2D eigenvalue weighted by atomic mass is 10.1. The number of halogens is 3. The number of esters is 1. The SMILES string of the molecule is COC(=O)c1ccc(Nc2nc3cc(C(=O)O)ccc3n2Cc2ccccc2C(F)(F)F)cc1. The van der Waals surface area contributed by atoms with E-state index in [1.165, 1.54) is 55.6 Å². The van der Waals surface area contributed by atoms with Crippen molar-refractivity contribution in [3.05, 3.63) is 89.0 Å². The predicted octanol–water partition coefficient (Wildman–Crippen LogP) is 5.33. The third-order valence-corrected chi connectivity index (χ3v) is 5.21. The number of alkyl halides is 3. The number of benzene rings is 3. The van der Waals surface area contributed by atoms with Crippen LogP contribution in [-0.4, -0.2) is 33.7 Å². The highest BCUT2D eigenvalue weighted by Crippen LogP contribution is 2.33. The molecule has 7 nitrogen and oxygen atoms in total. The van der Waals surface area contributed by atoms with Gasteiger partial charge in [0, 0.05) is 5.69 Å². The normalized spacial score (nSPS) is 11.4. The van der Waals surface area contributed by atoms with Gasteiger partial charge in [-0.3, -0.25) is 0 Å². The van der Waals surface area contributed by atoms with Crippen LogP contribution in [0.2, 0.25) is 0 Å². The Balaban J connectivity index is 1.79. The molecule has 0 radical (unpaired) electrons. The zero-order valence-electron chi connectivity index (χ0n) is 17.8. The Morgan fingerprint density at radius 3 is 2.35 bits per heavy atom. The first-order valence-electron chi connectivity index (χ1n) is 10.0. The molecule has 1 aromatic heterocycles. The molecule has 0 atom stereocenters. The van der Waals surface area contributed by atoms with Crippen molar-refractivity contribution in [1.82, 2.24) is 9.55 Å². The molecule has 0 bridgehead atoms. The number of fused-ring (bicyclic) bond motifs is 1. The zero-order valence-corrected chi connectivity index (χ0v) is 17.8. The van der Waals surface area contributed by atoms with E-state index in [2.05, 4.69) is 15.0 Å². The first kappa shape index (κ1) is 22.8. The van der Waals surface area contributed by atoms with Crippen LogP contribution in [0.5, 0.6) is 0 Å². The highest BCUT2D eigenvalue weighted by Gasteiger charge is 2.33. The topological polar surface area (TPSA) is 93.4 Å². The molecule has 4 rings (SSSR count). The number of carbonyl (C=O) groups excluding carboxylic acids is 1. The maximum atomic E-state index is 13.6.